The van der Waals surface area contributed by atoms with Gasteiger partial charge in [0.05, 0.1) is 0 Å². The summed E-state index contributed by atoms with van der Waals surface area (Å²) in [5.74, 6) is 0. The molecule has 1 rings (SSSR count). The van der Waals surface area contributed by atoms with Crippen molar-refractivity contribution in [3.05, 3.63) is 29.8 Å². The van der Waals surface area contributed by atoms with Gasteiger partial charge in [-0.25, -0.2) is 0 Å². The zero-order valence-electron chi connectivity index (χ0n) is 12.3. The predicted molar refractivity (Wildman–Crippen MR) is 81.1 cm³/mol. The molecule has 2 atom stereocenters. The average Bonchev–Trinajstić information content (AvgIpc) is 2.39. The first-order valence-electron chi connectivity index (χ1n) is 7.22. The number of nitrogens with zero attached hydrogens (tertiary/aromatic N) is 1. The molecule has 0 spiro atoms. The van der Waals surface area contributed by atoms with Gasteiger partial charge >= 0.3 is 0 Å². The Labute approximate surface area is 112 Å². The number of anilines is 1. The molecular formula is C16H28N2. The standard InChI is InChI=1S/C16H28N2/c1-5-7-12-18(13(3)6-2)16-10-8-15(9-11-16)14(4)17/h8-11,13-14H,5-7,12,17H2,1-4H3/t13?,14-/m0/s1. The topological polar surface area (TPSA) is 29.3 Å². The fourth-order valence-corrected chi connectivity index (χ4v) is 2.12. The van der Waals surface area contributed by atoms with Crippen LogP contribution in [0.3, 0.4) is 0 Å². The van der Waals surface area contributed by atoms with Crippen LogP contribution in [0, 0.1) is 0 Å². The van der Waals surface area contributed by atoms with Crippen LogP contribution in [0.25, 0.3) is 0 Å². The van der Waals surface area contributed by atoms with Gasteiger partial charge in [-0.15, -0.1) is 0 Å². The quantitative estimate of drug-likeness (QED) is 0.786. The zero-order valence-corrected chi connectivity index (χ0v) is 12.3. The van der Waals surface area contributed by atoms with E-state index in [0.717, 1.165) is 6.54 Å². The van der Waals surface area contributed by atoms with Gasteiger partial charge in [-0.05, 0) is 44.4 Å². The highest BCUT2D eigenvalue weighted by Gasteiger charge is 2.12. The summed E-state index contributed by atoms with van der Waals surface area (Å²) in [5, 5.41) is 0. The molecule has 1 aromatic rings. The number of unbranched alkanes of at least 4 members (excludes halogenated alkanes) is 1. The van der Waals surface area contributed by atoms with E-state index in [1.807, 2.05) is 6.92 Å². The van der Waals surface area contributed by atoms with Crippen LogP contribution in [-0.4, -0.2) is 12.6 Å². The molecule has 0 saturated heterocycles. The van der Waals surface area contributed by atoms with Crippen molar-refractivity contribution < 1.29 is 0 Å². The van der Waals surface area contributed by atoms with E-state index in [4.69, 9.17) is 5.73 Å². The first-order chi connectivity index (χ1) is 8.60. The van der Waals surface area contributed by atoms with Gasteiger partial charge in [0, 0.05) is 24.3 Å². The number of hydrogen-bond donors (Lipinski definition) is 1. The van der Waals surface area contributed by atoms with Crippen LogP contribution in [0.1, 0.15) is 58.6 Å². The SMILES string of the molecule is CCCCN(c1ccc([C@H](C)N)cc1)C(C)CC. The number of nitrogens with two attached hydrogens (primary N) is 1. The maximum absolute atomic E-state index is 5.89. The molecule has 0 aliphatic rings. The van der Waals surface area contributed by atoms with Gasteiger partial charge in [0.15, 0.2) is 0 Å². The highest BCUT2D eigenvalue weighted by atomic mass is 15.2. The molecule has 0 amide bonds. The molecule has 0 radical (unpaired) electrons. The summed E-state index contributed by atoms with van der Waals surface area (Å²) < 4.78 is 0. The highest BCUT2D eigenvalue weighted by Crippen LogP contribution is 2.21. The first kappa shape index (κ1) is 15.0. The maximum atomic E-state index is 5.89. The van der Waals surface area contributed by atoms with Crippen molar-refractivity contribution >= 4 is 5.69 Å². The molecule has 0 aliphatic carbocycles. The smallest absolute Gasteiger partial charge is 0.0368 e. The lowest BCUT2D eigenvalue weighted by molar-refractivity contribution is 0.595. The predicted octanol–water partition coefficient (Wildman–Crippen LogP) is 4.11. The van der Waals surface area contributed by atoms with Gasteiger partial charge in [-0.1, -0.05) is 32.4 Å². The minimum Gasteiger partial charge on any atom is -0.369 e. The lowest BCUT2D eigenvalue weighted by Crippen LogP contribution is -2.33. The Hall–Kier alpha value is -1.02. The second kappa shape index (κ2) is 7.42. The molecule has 2 nitrogen and oxygen atoms in total. The van der Waals surface area contributed by atoms with E-state index in [1.54, 1.807) is 0 Å². The van der Waals surface area contributed by atoms with Crippen molar-refractivity contribution in [2.45, 2.75) is 59.0 Å². The molecule has 102 valence electrons. The normalized spacial score (nSPS) is 14.3. The van der Waals surface area contributed by atoms with Gasteiger partial charge < -0.3 is 10.6 Å². The van der Waals surface area contributed by atoms with Crippen molar-refractivity contribution in [1.29, 1.82) is 0 Å². The van der Waals surface area contributed by atoms with Gasteiger partial charge in [-0.3, -0.25) is 0 Å². The van der Waals surface area contributed by atoms with Crippen molar-refractivity contribution in [2.75, 3.05) is 11.4 Å². The Balaban J connectivity index is 2.83. The molecule has 0 bridgehead atoms. The minimum absolute atomic E-state index is 0.117. The summed E-state index contributed by atoms with van der Waals surface area (Å²) >= 11 is 0. The van der Waals surface area contributed by atoms with Gasteiger partial charge in [-0.2, -0.15) is 0 Å². The van der Waals surface area contributed by atoms with Gasteiger partial charge in [0.1, 0.15) is 0 Å². The second-order valence-electron chi connectivity index (χ2n) is 5.18. The van der Waals surface area contributed by atoms with Gasteiger partial charge in [0.25, 0.3) is 0 Å². The third-order valence-corrected chi connectivity index (χ3v) is 3.63. The Kier molecular flexibility index (Phi) is 6.20. The Morgan fingerprint density at radius 2 is 1.72 bits per heavy atom. The molecule has 1 unspecified atom stereocenters. The summed E-state index contributed by atoms with van der Waals surface area (Å²) in [6.45, 7) is 9.96. The lowest BCUT2D eigenvalue weighted by Gasteiger charge is -2.31. The van der Waals surface area contributed by atoms with Crippen LogP contribution in [0.15, 0.2) is 24.3 Å². The molecule has 0 aromatic heterocycles. The van der Waals surface area contributed by atoms with Crippen LogP contribution in [0.4, 0.5) is 5.69 Å². The fraction of sp³-hybridized carbons (Fsp3) is 0.625. The molecule has 18 heavy (non-hydrogen) atoms. The average molecular weight is 248 g/mol. The fourth-order valence-electron chi connectivity index (χ4n) is 2.12. The van der Waals surface area contributed by atoms with E-state index in [9.17, 15) is 0 Å². The molecule has 0 aliphatic heterocycles. The van der Waals surface area contributed by atoms with E-state index in [1.165, 1.54) is 30.5 Å². The first-order valence-corrected chi connectivity index (χ1v) is 7.22. The third-order valence-electron chi connectivity index (χ3n) is 3.63. The molecule has 0 heterocycles. The summed E-state index contributed by atoms with van der Waals surface area (Å²) in [6, 6.07) is 9.44. The molecule has 1 aromatic carbocycles. The summed E-state index contributed by atoms with van der Waals surface area (Å²) in [5.41, 5.74) is 8.42. The minimum atomic E-state index is 0.117. The van der Waals surface area contributed by atoms with Crippen LogP contribution in [-0.2, 0) is 0 Å². The molecule has 0 fully saturated rings. The molecule has 2 heteroatoms. The second-order valence-corrected chi connectivity index (χ2v) is 5.18. The van der Waals surface area contributed by atoms with E-state index >= 15 is 0 Å². The van der Waals surface area contributed by atoms with Crippen molar-refractivity contribution in [2.24, 2.45) is 5.73 Å². The molecule has 2 N–H and O–H groups in total. The van der Waals surface area contributed by atoms with E-state index < -0.39 is 0 Å². The van der Waals surface area contributed by atoms with Crippen molar-refractivity contribution in [3.63, 3.8) is 0 Å². The van der Waals surface area contributed by atoms with Crippen molar-refractivity contribution in [1.82, 2.24) is 0 Å². The summed E-state index contributed by atoms with van der Waals surface area (Å²) in [6.07, 6.45) is 3.67. The van der Waals surface area contributed by atoms with E-state index in [-0.39, 0.29) is 6.04 Å². The largest absolute Gasteiger partial charge is 0.369 e. The van der Waals surface area contributed by atoms with Crippen LogP contribution >= 0.6 is 0 Å². The molecular weight excluding hydrogens is 220 g/mol. The van der Waals surface area contributed by atoms with E-state index in [0.29, 0.717) is 6.04 Å². The maximum Gasteiger partial charge on any atom is 0.0368 e. The van der Waals surface area contributed by atoms with Crippen LogP contribution in [0.2, 0.25) is 0 Å². The molecule has 0 saturated carbocycles. The zero-order chi connectivity index (χ0) is 13.5. The van der Waals surface area contributed by atoms with Gasteiger partial charge in [0.2, 0.25) is 0 Å². The summed E-state index contributed by atoms with van der Waals surface area (Å²) in [7, 11) is 0. The van der Waals surface area contributed by atoms with Crippen LogP contribution in [0.5, 0.6) is 0 Å². The Morgan fingerprint density at radius 3 is 2.17 bits per heavy atom. The summed E-state index contributed by atoms with van der Waals surface area (Å²) in [4.78, 5) is 2.51. The van der Waals surface area contributed by atoms with Crippen molar-refractivity contribution in [3.8, 4) is 0 Å². The monoisotopic (exact) mass is 248 g/mol. The van der Waals surface area contributed by atoms with Crippen LogP contribution < -0.4 is 10.6 Å². The third kappa shape index (κ3) is 4.02. The Morgan fingerprint density at radius 1 is 1.11 bits per heavy atom. The Bertz CT molecular complexity index is 329. The lowest BCUT2D eigenvalue weighted by atomic mass is 10.1. The van der Waals surface area contributed by atoms with E-state index in [2.05, 4.69) is 49.9 Å². The number of rotatable bonds is 7. The number of hydrogen-bond acceptors (Lipinski definition) is 2. The number of benzene rings is 1. The highest BCUT2D eigenvalue weighted by molar-refractivity contribution is 5.48.